The van der Waals surface area contributed by atoms with E-state index in [9.17, 15) is 0 Å². The topological polar surface area (TPSA) is 64.8 Å². The van der Waals surface area contributed by atoms with Gasteiger partial charge in [0.15, 0.2) is 5.71 Å². The van der Waals surface area contributed by atoms with Crippen LogP contribution in [-0.4, -0.2) is 42.1 Å². The third-order valence-corrected chi connectivity index (χ3v) is 25.6. The maximum atomic E-state index is 7.56. The van der Waals surface area contributed by atoms with Crippen molar-refractivity contribution >= 4 is 42.1 Å². The van der Waals surface area contributed by atoms with E-state index in [1.165, 1.54) is 50.1 Å². The lowest BCUT2D eigenvalue weighted by Crippen LogP contribution is -2.48. The molecule has 9 heteroatoms. The van der Waals surface area contributed by atoms with E-state index in [1.807, 2.05) is 0 Å². The molecule has 0 amide bonds. The molecule has 9 aromatic rings. The van der Waals surface area contributed by atoms with Gasteiger partial charge in [-0.1, -0.05) is 278 Å². The van der Waals surface area contributed by atoms with Gasteiger partial charge in [0.1, 0.15) is 11.4 Å². The van der Waals surface area contributed by atoms with Crippen molar-refractivity contribution in [2.24, 2.45) is 15.5 Å². The fourth-order valence-electron chi connectivity index (χ4n) is 11.1. The Bertz CT molecular complexity index is 2840. The SMILES string of the molecule is c1ccc(C[Si](Cc2ccccc2)(Cc2ccccc2)O/N=C2/CCCC(=N\O[Si](Cc3ccccc3)(Cc3ccccc3)Cc3ccccc3)/C2=N/O[Si](Cc2ccccc2)(Cc2ccccc2)Cc2ccccc2)cc1. The van der Waals surface area contributed by atoms with Gasteiger partial charge in [0, 0.05) is 54.4 Å². The van der Waals surface area contributed by atoms with E-state index in [-0.39, 0.29) is 0 Å². The Morgan fingerprint density at radius 2 is 0.397 bits per heavy atom. The van der Waals surface area contributed by atoms with Crippen molar-refractivity contribution in [3.63, 3.8) is 0 Å². The maximum absolute atomic E-state index is 7.56. The summed E-state index contributed by atoms with van der Waals surface area (Å²) >= 11 is 0. The van der Waals surface area contributed by atoms with E-state index in [2.05, 4.69) is 273 Å². The molecule has 1 saturated carbocycles. The first-order chi connectivity index (χ1) is 38.5. The molecule has 0 aliphatic heterocycles. The second-order valence-corrected chi connectivity index (χ2v) is 32.0. The number of rotatable bonds is 24. The van der Waals surface area contributed by atoms with Gasteiger partial charge in [0.25, 0.3) is 25.0 Å². The van der Waals surface area contributed by atoms with Crippen LogP contribution in [0.4, 0.5) is 0 Å². The van der Waals surface area contributed by atoms with Crippen LogP contribution < -0.4 is 0 Å². The zero-order chi connectivity index (χ0) is 53.0. The molecular formula is C69H69N3O3Si3. The summed E-state index contributed by atoms with van der Waals surface area (Å²) in [5, 5.41) is 16.4. The largest absolute Gasteiger partial charge is 0.453 e. The first-order valence-electron chi connectivity index (χ1n) is 27.6. The summed E-state index contributed by atoms with van der Waals surface area (Å²) < 4.78 is 22.5. The van der Waals surface area contributed by atoms with Crippen LogP contribution in [0.3, 0.4) is 0 Å². The minimum absolute atomic E-state index is 0.622. The maximum Gasteiger partial charge on any atom is 0.300 e. The fraction of sp³-hybridized carbons (Fsp3) is 0.174. The molecule has 6 nitrogen and oxygen atoms in total. The standard InChI is InChI=1S/C69H69N3O3Si3/c1-10-29-58(30-11-1)49-76(50-59-31-12-2-13-32-59,51-60-33-14-3-15-34-60)73-70-67-47-28-48-68(71-74-77(52-61-35-16-4-17-36-61,53-62-37-18-5-19-38-62)54-63-39-20-6-21-40-63)69(67)72-75-78(55-64-41-22-7-23-42-64,56-65-43-24-8-25-44-65)57-66-45-26-9-27-46-66/h1-27,29-46H,28,47-57H2/b70-67-,71-68+,72-69+. The van der Waals surface area contributed by atoms with Gasteiger partial charge >= 0.3 is 0 Å². The Morgan fingerprint density at radius 3 is 0.577 bits per heavy atom. The molecular weight excluding hydrogens is 1000 g/mol. The summed E-state index contributed by atoms with van der Waals surface area (Å²) in [7, 11) is -8.71. The molecule has 390 valence electrons. The van der Waals surface area contributed by atoms with E-state index in [4.69, 9.17) is 29.0 Å². The van der Waals surface area contributed by atoms with Crippen molar-refractivity contribution < 1.29 is 13.6 Å². The second-order valence-electron chi connectivity index (χ2n) is 21.2. The quantitative estimate of drug-likeness (QED) is 0.0447. The predicted octanol–water partition coefficient (Wildman–Crippen LogP) is 15.2. The third kappa shape index (κ3) is 15.4. The molecule has 1 aliphatic rings. The summed E-state index contributed by atoms with van der Waals surface area (Å²) in [6, 6.07) is 104. The molecule has 0 spiro atoms. The van der Waals surface area contributed by atoms with Crippen LogP contribution in [0.2, 0.25) is 0 Å². The van der Waals surface area contributed by atoms with Gasteiger partial charge in [-0.3, -0.25) is 0 Å². The van der Waals surface area contributed by atoms with Crippen LogP contribution in [0.1, 0.15) is 69.3 Å². The van der Waals surface area contributed by atoms with Crippen molar-refractivity contribution in [2.75, 3.05) is 0 Å². The van der Waals surface area contributed by atoms with Gasteiger partial charge in [0.2, 0.25) is 0 Å². The van der Waals surface area contributed by atoms with Gasteiger partial charge in [-0.25, -0.2) is 0 Å². The predicted molar refractivity (Wildman–Crippen MR) is 328 cm³/mol. The zero-order valence-corrected chi connectivity index (χ0v) is 47.5. The molecule has 1 fully saturated rings. The van der Waals surface area contributed by atoms with Crippen molar-refractivity contribution in [1.29, 1.82) is 0 Å². The molecule has 0 N–H and O–H groups in total. The third-order valence-electron chi connectivity index (χ3n) is 14.7. The molecule has 0 unspecified atom stereocenters. The fourth-order valence-corrected chi connectivity index (χ4v) is 22.5. The Balaban J connectivity index is 1.13. The normalized spacial score (nSPS) is 14.5. The molecule has 10 rings (SSSR count). The molecule has 0 atom stereocenters. The Hall–Kier alpha value is -7.96. The van der Waals surface area contributed by atoms with E-state index >= 15 is 0 Å². The number of hydrogen-bond donors (Lipinski definition) is 0. The summed E-state index contributed by atoms with van der Waals surface area (Å²) in [6.07, 6.45) is 2.11. The Kier molecular flexibility index (Phi) is 18.4. The Morgan fingerprint density at radius 1 is 0.231 bits per heavy atom. The molecule has 0 bridgehead atoms. The van der Waals surface area contributed by atoms with Crippen molar-refractivity contribution in [3.8, 4) is 0 Å². The van der Waals surface area contributed by atoms with E-state index in [0.29, 0.717) is 18.6 Å². The van der Waals surface area contributed by atoms with Crippen LogP contribution >= 0.6 is 0 Å². The highest BCUT2D eigenvalue weighted by Crippen LogP contribution is 2.30. The number of benzene rings is 9. The number of oxime groups is 3. The van der Waals surface area contributed by atoms with Crippen molar-refractivity contribution in [1.82, 2.24) is 0 Å². The minimum atomic E-state index is -2.95. The van der Waals surface area contributed by atoms with Crippen LogP contribution in [0.5, 0.6) is 0 Å². The van der Waals surface area contributed by atoms with Crippen molar-refractivity contribution in [3.05, 3.63) is 323 Å². The monoisotopic (exact) mass is 1070 g/mol. The van der Waals surface area contributed by atoms with E-state index in [0.717, 1.165) is 72.2 Å². The smallest absolute Gasteiger partial charge is 0.300 e. The molecule has 0 radical (unpaired) electrons. The Labute approximate surface area is 465 Å². The van der Waals surface area contributed by atoms with Crippen LogP contribution in [0, 0.1) is 0 Å². The first kappa shape index (κ1) is 53.4. The highest BCUT2D eigenvalue weighted by molar-refractivity contribution is 6.75. The van der Waals surface area contributed by atoms with Gasteiger partial charge in [0.05, 0.1) is 0 Å². The summed E-state index contributed by atoms with van der Waals surface area (Å²) in [5.41, 5.74) is 13.2. The van der Waals surface area contributed by atoms with Gasteiger partial charge < -0.3 is 13.6 Å². The second kappa shape index (κ2) is 26.9. The lowest BCUT2D eigenvalue weighted by molar-refractivity contribution is 0.308. The van der Waals surface area contributed by atoms with Gasteiger partial charge in [-0.15, -0.1) is 10.3 Å². The van der Waals surface area contributed by atoms with Crippen LogP contribution in [-0.2, 0) is 68.0 Å². The highest BCUT2D eigenvalue weighted by atomic mass is 28.4. The summed E-state index contributed by atoms with van der Waals surface area (Å²) in [4.78, 5) is 0. The molecule has 0 heterocycles. The molecule has 78 heavy (non-hydrogen) atoms. The first-order valence-corrected chi connectivity index (χ1v) is 35.2. The summed E-state index contributed by atoms with van der Waals surface area (Å²) in [5.74, 6) is 0. The molecule has 0 aromatic heterocycles. The molecule has 0 saturated heterocycles. The summed E-state index contributed by atoms with van der Waals surface area (Å²) in [6.45, 7) is 0. The molecule has 9 aromatic carbocycles. The van der Waals surface area contributed by atoms with E-state index < -0.39 is 25.0 Å². The number of hydrogen-bond acceptors (Lipinski definition) is 6. The number of nitrogens with zero attached hydrogens (tertiary/aromatic N) is 3. The van der Waals surface area contributed by atoms with Gasteiger partial charge in [-0.05, 0) is 69.3 Å². The average Bonchev–Trinajstić information content (AvgIpc) is 3.48. The highest BCUT2D eigenvalue weighted by Gasteiger charge is 2.43. The van der Waals surface area contributed by atoms with Crippen molar-refractivity contribution in [2.45, 2.75) is 73.7 Å². The lowest BCUT2D eigenvalue weighted by atomic mass is 9.94. The average molecular weight is 1070 g/mol. The minimum Gasteiger partial charge on any atom is -0.453 e. The molecule has 1 aliphatic carbocycles. The lowest BCUT2D eigenvalue weighted by Gasteiger charge is -2.32. The van der Waals surface area contributed by atoms with Gasteiger partial charge in [-0.2, -0.15) is 0 Å². The van der Waals surface area contributed by atoms with E-state index in [1.54, 1.807) is 0 Å². The van der Waals surface area contributed by atoms with Crippen LogP contribution in [0.25, 0.3) is 0 Å². The van der Waals surface area contributed by atoms with Crippen LogP contribution in [0.15, 0.2) is 288 Å². The zero-order valence-electron chi connectivity index (χ0n) is 44.5.